The number of anilines is 2. The molecule has 0 saturated heterocycles. The van der Waals surface area contributed by atoms with Crippen molar-refractivity contribution < 1.29 is 0 Å². The summed E-state index contributed by atoms with van der Waals surface area (Å²) in [6, 6.07) is 55.5. The van der Waals surface area contributed by atoms with E-state index in [1.165, 1.54) is 11.1 Å². The van der Waals surface area contributed by atoms with Gasteiger partial charge in [0.05, 0.1) is 0 Å². The third-order valence-corrected chi connectivity index (χ3v) is 8.59. The van der Waals surface area contributed by atoms with Crippen molar-refractivity contribution >= 4 is 45.5 Å². The lowest BCUT2D eigenvalue weighted by atomic mass is 10.0. The van der Waals surface area contributed by atoms with Crippen LogP contribution in [0.25, 0.3) is 0 Å². The van der Waals surface area contributed by atoms with E-state index in [1.807, 2.05) is 0 Å². The van der Waals surface area contributed by atoms with Gasteiger partial charge in [-0.3, -0.25) is 0 Å². The first-order valence-corrected chi connectivity index (χ1v) is 15.0. The third-order valence-electron chi connectivity index (χ3n) is 8.59. The molecule has 0 aliphatic rings. The molecule has 0 atom stereocenters. The predicted octanol–water partition coefficient (Wildman–Crippen LogP) is 11.6. The highest BCUT2D eigenvalue weighted by atomic mass is 15.4. The van der Waals surface area contributed by atoms with Crippen LogP contribution in [0.2, 0.25) is 0 Å². The maximum absolute atomic E-state index is 4.93. The Bertz CT molecular complexity index is 1630. The highest BCUT2D eigenvalue weighted by Gasteiger charge is 2.33. The van der Waals surface area contributed by atoms with Gasteiger partial charge in [0, 0.05) is 19.2 Å². The van der Waals surface area contributed by atoms with Crippen molar-refractivity contribution in [3.05, 3.63) is 183 Å². The third kappa shape index (κ3) is 5.11. The maximum Gasteiger partial charge on any atom is 0.140 e. The fraction of sp³-hybridized carbons (Fsp3) is 0.0732. The average molecular weight is 574 g/mol. The van der Waals surface area contributed by atoms with E-state index in [4.69, 9.17) is 14.1 Å². The van der Waals surface area contributed by atoms with Crippen molar-refractivity contribution in [2.75, 3.05) is 11.9 Å². The molecular weight excluding hydrogens is 534 g/mol. The normalized spacial score (nSPS) is 11.8. The summed E-state index contributed by atoms with van der Waals surface area (Å²) in [5.41, 5.74) is 11.0. The first kappa shape index (κ1) is 29.1. The maximum atomic E-state index is 4.93. The van der Waals surface area contributed by atoms with Crippen LogP contribution in [0.1, 0.15) is 11.1 Å². The SMILES string of the molecule is [CH2-][N+](c1ccccc1)(c1ccccc1)c1cc(C)ccc1N(C)c1ccc(C)cc1[N+]([CH2-])(c1ccccc1)c1ccccc1. The summed E-state index contributed by atoms with van der Waals surface area (Å²) in [4.78, 5) is 2.30. The molecular formula is C41H39N3. The smallest absolute Gasteiger partial charge is 0.140 e. The summed E-state index contributed by atoms with van der Waals surface area (Å²) in [5, 5.41) is 0. The Morgan fingerprint density at radius 2 is 0.682 bits per heavy atom. The summed E-state index contributed by atoms with van der Waals surface area (Å²) >= 11 is 0. The minimum Gasteiger partial charge on any atom is -0.357 e. The first-order valence-electron chi connectivity index (χ1n) is 15.0. The van der Waals surface area contributed by atoms with Crippen LogP contribution in [0.15, 0.2) is 158 Å². The van der Waals surface area contributed by atoms with Crippen molar-refractivity contribution in [1.82, 2.24) is 8.97 Å². The molecule has 6 rings (SSSR count). The van der Waals surface area contributed by atoms with Crippen molar-refractivity contribution in [2.24, 2.45) is 0 Å². The largest absolute Gasteiger partial charge is 0.357 e. The van der Waals surface area contributed by atoms with Gasteiger partial charge in [-0.25, -0.2) is 0 Å². The van der Waals surface area contributed by atoms with Gasteiger partial charge in [0.2, 0.25) is 0 Å². The van der Waals surface area contributed by atoms with Crippen LogP contribution in [-0.4, -0.2) is 7.05 Å². The van der Waals surface area contributed by atoms with Crippen LogP contribution in [0.4, 0.5) is 45.5 Å². The summed E-state index contributed by atoms with van der Waals surface area (Å²) in [6.07, 6.45) is 0. The second-order valence-corrected chi connectivity index (χ2v) is 11.5. The van der Waals surface area contributed by atoms with Crippen LogP contribution in [-0.2, 0) is 0 Å². The topological polar surface area (TPSA) is 3.24 Å². The number of quaternary nitrogens is 2. The lowest BCUT2D eigenvalue weighted by Gasteiger charge is -2.45. The van der Waals surface area contributed by atoms with Crippen molar-refractivity contribution in [3.63, 3.8) is 0 Å². The lowest BCUT2D eigenvalue weighted by Crippen LogP contribution is -2.34. The van der Waals surface area contributed by atoms with E-state index >= 15 is 0 Å². The molecule has 0 saturated carbocycles. The molecule has 44 heavy (non-hydrogen) atoms. The summed E-state index contributed by atoms with van der Waals surface area (Å²) in [5.74, 6) is 0. The quantitative estimate of drug-likeness (QED) is 0.129. The minimum atomic E-state index is 0.270. The minimum absolute atomic E-state index is 0.270. The summed E-state index contributed by atoms with van der Waals surface area (Å²) in [7, 11) is 12.0. The molecule has 0 heterocycles. The van der Waals surface area contributed by atoms with Crippen LogP contribution in [0.3, 0.4) is 0 Å². The molecule has 0 aliphatic carbocycles. The monoisotopic (exact) mass is 573 g/mol. The fourth-order valence-electron chi connectivity index (χ4n) is 6.16. The summed E-state index contributed by atoms with van der Waals surface area (Å²) < 4.78 is 0.540. The number of hydrogen-bond acceptors (Lipinski definition) is 1. The molecule has 218 valence electrons. The van der Waals surface area contributed by atoms with E-state index in [0.29, 0.717) is 0 Å². The molecule has 0 radical (unpaired) electrons. The molecule has 0 aliphatic heterocycles. The van der Waals surface area contributed by atoms with Crippen molar-refractivity contribution in [2.45, 2.75) is 13.8 Å². The second kappa shape index (κ2) is 12.0. The van der Waals surface area contributed by atoms with Crippen molar-refractivity contribution in [1.29, 1.82) is 0 Å². The van der Waals surface area contributed by atoms with Gasteiger partial charge in [-0.15, -0.1) is 14.1 Å². The lowest BCUT2D eigenvalue weighted by molar-refractivity contribution is 0.675. The molecule has 3 nitrogen and oxygen atoms in total. The Morgan fingerprint density at radius 1 is 0.409 bits per heavy atom. The zero-order valence-electron chi connectivity index (χ0n) is 25.8. The number of nitrogens with zero attached hydrogens (tertiary/aromatic N) is 3. The number of rotatable bonds is 8. The fourth-order valence-corrected chi connectivity index (χ4v) is 6.16. The Kier molecular flexibility index (Phi) is 7.92. The molecule has 3 heteroatoms. The van der Waals surface area contributed by atoms with Crippen LogP contribution >= 0.6 is 0 Å². The number of benzene rings is 6. The van der Waals surface area contributed by atoms with E-state index in [2.05, 4.69) is 184 Å². The van der Waals surface area contributed by atoms with E-state index < -0.39 is 0 Å². The van der Waals surface area contributed by atoms with Gasteiger partial charge in [0.25, 0.3) is 0 Å². The number of para-hydroxylation sites is 4. The molecule has 0 unspecified atom stereocenters. The van der Waals surface area contributed by atoms with E-state index in [1.54, 1.807) is 0 Å². The Morgan fingerprint density at radius 3 is 0.955 bits per heavy atom. The van der Waals surface area contributed by atoms with Gasteiger partial charge >= 0.3 is 0 Å². The van der Waals surface area contributed by atoms with Gasteiger partial charge in [-0.1, -0.05) is 84.9 Å². The highest BCUT2D eigenvalue weighted by Crippen LogP contribution is 2.52. The van der Waals surface area contributed by atoms with Crippen LogP contribution < -0.4 is 13.9 Å². The molecule has 0 aromatic heterocycles. The van der Waals surface area contributed by atoms with E-state index in [-0.39, 0.29) is 8.97 Å². The Balaban J connectivity index is 1.61. The second-order valence-electron chi connectivity index (χ2n) is 11.5. The molecule has 6 aromatic carbocycles. The van der Waals surface area contributed by atoms with Crippen molar-refractivity contribution in [3.8, 4) is 0 Å². The van der Waals surface area contributed by atoms with Gasteiger partial charge in [0.1, 0.15) is 45.5 Å². The Labute approximate surface area is 262 Å². The zero-order valence-corrected chi connectivity index (χ0v) is 25.8. The van der Waals surface area contributed by atoms with Gasteiger partial charge in [0.15, 0.2) is 0 Å². The Hall–Kier alpha value is -4.96. The molecule has 0 amide bonds. The van der Waals surface area contributed by atoms with Gasteiger partial charge in [-0.05, 0) is 85.6 Å². The molecule has 0 N–H and O–H groups in total. The molecule has 0 spiro atoms. The standard InChI is InChI=1S/C41H39N3/c1-32-26-28-38(40(30-32)43(4,34-18-10-6-11-19-34)35-20-12-7-13-21-35)42(3)39-29-27-33(2)31-41(39)44(5,36-22-14-8-15-23-36)37-24-16-9-17-25-37/h6-31H,4-5H2,1-3H3. The molecule has 6 aromatic rings. The number of hydrogen-bond donors (Lipinski definition) is 0. The van der Waals surface area contributed by atoms with Crippen LogP contribution in [0.5, 0.6) is 0 Å². The first-order chi connectivity index (χ1) is 21.3. The van der Waals surface area contributed by atoms with Gasteiger partial charge < -0.3 is 13.9 Å². The average Bonchev–Trinajstić information content (AvgIpc) is 3.08. The number of aryl methyl sites for hydroxylation is 2. The molecule has 0 fully saturated rings. The summed E-state index contributed by atoms with van der Waals surface area (Å²) in [6.45, 7) is 4.29. The van der Waals surface area contributed by atoms with Crippen LogP contribution in [0, 0.1) is 27.9 Å². The van der Waals surface area contributed by atoms with Gasteiger partial charge in [-0.2, -0.15) is 0 Å². The highest BCUT2D eigenvalue weighted by molar-refractivity contribution is 5.89. The zero-order chi connectivity index (χ0) is 30.7. The van der Waals surface area contributed by atoms with E-state index in [9.17, 15) is 0 Å². The van der Waals surface area contributed by atoms with E-state index in [0.717, 1.165) is 45.5 Å². The molecule has 0 bridgehead atoms. The predicted molar refractivity (Wildman–Crippen MR) is 189 cm³/mol.